The Balaban J connectivity index is 1.29. The zero-order valence-corrected chi connectivity index (χ0v) is 20.1. The van der Waals surface area contributed by atoms with E-state index < -0.39 is 0 Å². The van der Waals surface area contributed by atoms with Crippen LogP contribution in [0.15, 0.2) is 72.8 Å². The fraction of sp³-hybridized carbons (Fsp3) is 0.286. The van der Waals surface area contributed by atoms with Gasteiger partial charge in [-0.1, -0.05) is 12.1 Å². The molecule has 0 saturated heterocycles. The summed E-state index contributed by atoms with van der Waals surface area (Å²) in [5.41, 5.74) is 3.00. The number of carbonyl (C=O) groups excluding carboxylic acids is 2. The van der Waals surface area contributed by atoms with E-state index in [1.54, 1.807) is 43.5 Å². The number of rotatable bonds is 11. The molecule has 1 aliphatic rings. The quantitative estimate of drug-likeness (QED) is 0.412. The third-order valence-electron chi connectivity index (χ3n) is 5.81. The number of benzene rings is 3. The predicted molar refractivity (Wildman–Crippen MR) is 137 cm³/mol. The Labute approximate surface area is 206 Å². The molecule has 1 aliphatic carbocycles. The lowest BCUT2D eigenvalue weighted by Crippen LogP contribution is -2.34. The fourth-order valence-electron chi connectivity index (χ4n) is 3.81. The van der Waals surface area contributed by atoms with E-state index >= 15 is 0 Å². The van der Waals surface area contributed by atoms with E-state index in [0.717, 1.165) is 29.9 Å². The first-order valence-corrected chi connectivity index (χ1v) is 11.8. The first-order valence-electron chi connectivity index (χ1n) is 11.8. The second-order valence-electron chi connectivity index (χ2n) is 8.52. The van der Waals surface area contributed by atoms with Crippen LogP contribution in [0.5, 0.6) is 11.5 Å². The van der Waals surface area contributed by atoms with Crippen molar-refractivity contribution in [1.29, 1.82) is 0 Å². The van der Waals surface area contributed by atoms with Crippen LogP contribution in [0, 0.1) is 0 Å². The number of nitrogens with zero attached hydrogens (tertiary/aromatic N) is 1. The monoisotopic (exact) mass is 473 g/mol. The first kappa shape index (κ1) is 24.3. The largest absolute Gasteiger partial charge is 0.497 e. The van der Waals surface area contributed by atoms with Gasteiger partial charge in [0.05, 0.1) is 20.3 Å². The summed E-state index contributed by atoms with van der Waals surface area (Å²) in [7, 11) is 1.65. The molecule has 0 atom stereocenters. The van der Waals surface area contributed by atoms with Crippen LogP contribution in [0.4, 0.5) is 11.4 Å². The maximum absolute atomic E-state index is 12.7. The minimum atomic E-state index is -0.216. The van der Waals surface area contributed by atoms with Gasteiger partial charge in [-0.05, 0) is 86.0 Å². The van der Waals surface area contributed by atoms with Crippen molar-refractivity contribution in [3.63, 3.8) is 0 Å². The average Bonchev–Trinajstić information content (AvgIpc) is 3.71. The second-order valence-corrected chi connectivity index (χ2v) is 8.52. The van der Waals surface area contributed by atoms with Crippen LogP contribution in [0.3, 0.4) is 0 Å². The summed E-state index contributed by atoms with van der Waals surface area (Å²) in [4.78, 5) is 27.5. The Kier molecular flexibility index (Phi) is 8.00. The molecule has 35 heavy (non-hydrogen) atoms. The standard InChI is InChI=1S/C28H31N3O4/c1-3-35-26-16-10-23(11-17-26)30-28(33)21-6-8-22(9-7-21)29-27(32)19-31(24-12-13-24)18-20-4-14-25(34-2)15-5-20/h4-11,14-17,24H,3,12-13,18-19H2,1-2H3,(H,29,32)(H,30,33). The van der Waals surface area contributed by atoms with Crippen molar-refractivity contribution >= 4 is 23.2 Å². The smallest absolute Gasteiger partial charge is 0.255 e. The van der Waals surface area contributed by atoms with Crippen molar-refractivity contribution in [3.8, 4) is 11.5 Å². The minimum absolute atomic E-state index is 0.0722. The zero-order chi connectivity index (χ0) is 24.6. The Bertz CT molecular complexity index is 1120. The van der Waals surface area contributed by atoms with Crippen LogP contribution in [-0.4, -0.2) is 43.0 Å². The van der Waals surface area contributed by atoms with Crippen molar-refractivity contribution in [2.45, 2.75) is 32.4 Å². The van der Waals surface area contributed by atoms with Gasteiger partial charge in [0.2, 0.25) is 5.91 Å². The van der Waals surface area contributed by atoms with Gasteiger partial charge < -0.3 is 20.1 Å². The number of anilines is 2. The number of hydrogen-bond donors (Lipinski definition) is 2. The van der Waals surface area contributed by atoms with Crippen LogP contribution < -0.4 is 20.1 Å². The van der Waals surface area contributed by atoms with Gasteiger partial charge >= 0.3 is 0 Å². The van der Waals surface area contributed by atoms with Gasteiger partial charge in [-0.2, -0.15) is 0 Å². The Morgan fingerprint density at radius 1 is 0.857 bits per heavy atom. The van der Waals surface area contributed by atoms with Crippen molar-refractivity contribution in [2.75, 3.05) is 30.9 Å². The van der Waals surface area contributed by atoms with Crippen molar-refractivity contribution in [2.24, 2.45) is 0 Å². The molecule has 182 valence electrons. The number of hydrogen-bond acceptors (Lipinski definition) is 5. The van der Waals surface area contributed by atoms with Crippen molar-refractivity contribution < 1.29 is 19.1 Å². The lowest BCUT2D eigenvalue weighted by molar-refractivity contribution is -0.117. The molecule has 0 radical (unpaired) electrons. The van der Waals surface area contributed by atoms with Gasteiger partial charge in [0.1, 0.15) is 11.5 Å². The van der Waals surface area contributed by atoms with Crippen molar-refractivity contribution in [1.82, 2.24) is 4.90 Å². The molecule has 1 saturated carbocycles. The molecule has 3 aromatic rings. The van der Waals surface area contributed by atoms with Gasteiger partial charge in [0, 0.05) is 29.5 Å². The second kappa shape index (κ2) is 11.5. The van der Waals surface area contributed by atoms with E-state index in [4.69, 9.17) is 9.47 Å². The minimum Gasteiger partial charge on any atom is -0.497 e. The highest BCUT2D eigenvalue weighted by Gasteiger charge is 2.30. The fourth-order valence-corrected chi connectivity index (χ4v) is 3.81. The number of ether oxygens (including phenoxy) is 2. The lowest BCUT2D eigenvalue weighted by atomic mass is 10.2. The molecular formula is C28H31N3O4. The molecule has 0 unspecified atom stereocenters. The van der Waals surface area contributed by atoms with E-state index in [0.29, 0.717) is 42.7 Å². The SMILES string of the molecule is CCOc1ccc(NC(=O)c2ccc(NC(=O)CN(Cc3ccc(OC)cc3)C3CC3)cc2)cc1. The van der Waals surface area contributed by atoms with Gasteiger partial charge in [-0.3, -0.25) is 14.5 Å². The first-order chi connectivity index (χ1) is 17.0. The van der Waals surface area contributed by atoms with E-state index in [2.05, 4.69) is 15.5 Å². The van der Waals surface area contributed by atoms with Gasteiger partial charge in [0.15, 0.2) is 0 Å². The maximum Gasteiger partial charge on any atom is 0.255 e. The number of amides is 2. The molecule has 0 aromatic heterocycles. The molecule has 2 amide bonds. The van der Waals surface area contributed by atoms with Crippen LogP contribution in [0.1, 0.15) is 35.7 Å². The third kappa shape index (κ3) is 7.07. The third-order valence-corrected chi connectivity index (χ3v) is 5.81. The number of nitrogens with one attached hydrogen (secondary N) is 2. The van der Waals surface area contributed by atoms with E-state index in [9.17, 15) is 9.59 Å². The van der Waals surface area contributed by atoms with Crippen LogP contribution in [-0.2, 0) is 11.3 Å². The summed E-state index contributed by atoms with van der Waals surface area (Å²) in [5.74, 6) is 1.29. The van der Waals surface area contributed by atoms with Gasteiger partial charge in [-0.15, -0.1) is 0 Å². The topological polar surface area (TPSA) is 79.9 Å². The Morgan fingerprint density at radius 3 is 2.06 bits per heavy atom. The molecule has 3 aromatic carbocycles. The molecule has 0 aliphatic heterocycles. The summed E-state index contributed by atoms with van der Waals surface area (Å²) in [5, 5.41) is 5.81. The normalized spacial score (nSPS) is 12.8. The summed E-state index contributed by atoms with van der Waals surface area (Å²) in [6.07, 6.45) is 2.23. The highest BCUT2D eigenvalue weighted by atomic mass is 16.5. The molecule has 1 fully saturated rings. The zero-order valence-electron chi connectivity index (χ0n) is 20.1. The van der Waals surface area contributed by atoms with Crippen LogP contribution in [0.25, 0.3) is 0 Å². The molecule has 0 bridgehead atoms. The van der Waals surface area contributed by atoms with Crippen molar-refractivity contribution in [3.05, 3.63) is 83.9 Å². The number of carbonyl (C=O) groups is 2. The molecule has 0 spiro atoms. The lowest BCUT2D eigenvalue weighted by Gasteiger charge is -2.21. The van der Waals surface area contributed by atoms with Crippen LogP contribution >= 0.6 is 0 Å². The molecule has 4 rings (SSSR count). The van der Waals surface area contributed by atoms with E-state index in [1.165, 1.54) is 0 Å². The van der Waals surface area contributed by atoms with E-state index in [-0.39, 0.29) is 11.8 Å². The average molecular weight is 474 g/mol. The molecular weight excluding hydrogens is 442 g/mol. The molecule has 0 heterocycles. The summed E-state index contributed by atoms with van der Waals surface area (Å²) in [6, 6.07) is 22.5. The van der Waals surface area contributed by atoms with Gasteiger partial charge in [-0.25, -0.2) is 0 Å². The predicted octanol–water partition coefficient (Wildman–Crippen LogP) is 4.95. The number of methoxy groups -OCH3 is 1. The molecule has 2 N–H and O–H groups in total. The van der Waals surface area contributed by atoms with Gasteiger partial charge in [0.25, 0.3) is 5.91 Å². The Morgan fingerprint density at radius 2 is 1.46 bits per heavy atom. The highest BCUT2D eigenvalue weighted by molar-refractivity contribution is 6.04. The van der Waals surface area contributed by atoms with Crippen LogP contribution in [0.2, 0.25) is 0 Å². The van der Waals surface area contributed by atoms with E-state index in [1.807, 2.05) is 43.3 Å². The maximum atomic E-state index is 12.7. The highest BCUT2D eigenvalue weighted by Crippen LogP contribution is 2.28. The summed E-state index contributed by atoms with van der Waals surface area (Å²) < 4.78 is 10.6. The molecule has 7 nitrogen and oxygen atoms in total. The summed E-state index contributed by atoms with van der Waals surface area (Å²) in [6.45, 7) is 3.55. The Hall–Kier alpha value is -3.84. The molecule has 7 heteroatoms. The summed E-state index contributed by atoms with van der Waals surface area (Å²) >= 11 is 0.